The summed E-state index contributed by atoms with van der Waals surface area (Å²) >= 11 is 6.97. The maximum Gasteiger partial charge on any atom is 0.0175 e. The zero-order valence-electron chi connectivity index (χ0n) is 15.1. The lowest BCUT2D eigenvalue weighted by Crippen LogP contribution is -1.83. The summed E-state index contributed by atoms with van der Waals surface area (Å²) in [5, 5.41) is 2.52. The van der Waals surface area contributed by atoms with Gasteiger partial charge in [-0.15, -0.1) is 0 Å². The van der Waals surface area contributed by atoms with Crippen LogP contribution in [-0.4, -0.2) is 0 Å². The smallest absolute Gasteiger partial charge is 0.0175 e. The fourth-order valence-corrected chi connectivity index (χ4v) is 3.68. The first kappa shape index (κ1) is 18.9. The van der Waals surface area contributed by atoms with Crippen molar-refractivity contribution in [3.05, 3.63) is 116 Å². The molecule has 0 unspecified atom stereocenters. The van der Waals surface area contributed by atoms with Crippen molar-refractivity contribution < 1.29 is 0 Å². The van der Waals surface area contributed by atoms with Crippen LogP contribution in [-0.2, 0) is 0 Å². The van der Waals surface area contributed by atoms with Crippen LogP contribution in [0.5, 0.6) is 0 Å². The Morgan fingerprint density at radius 1 is 0.429 bits per heavy atom. The van der Waals surface area contributed by atoms with E-state index in [0.717, 1.165) is 8.95 Å². The fraction of sp³-hybridized carbons (Fsp3) is 0. The second-order valence-electron chi connectivity index (χ2n) is 6.56. The lowest BCUT2D eigenvalue weighted by Gasteiger charge is -2.07. The molecular formula is C26H18Br2. The average molecular weight is 490 g/mol. The molecule has 0 saturated heterocycles. The van der Waals surface area contributed by atoms with Gasteiger partial charge >= 0.3 is 0 Å². The first-order valence-corrected chi connectivity index (χ1v) is 10.7. The number of hydrogen-bond donors (Lipinski definition) is 0. The maximum atomic E-state index is 3.48. The van der Waals surface area contributed by atoms with Gasteiger partial charge < -0.3 is 0 Å². The quantitative estimate of drug-likeness (QED) is 0.251. The molecule has 28 heavy (non-hydrogen) atoms. The van der Waals surface area contributed by atoms with E-state index in [0.29, 0.717) is 0 Å². The van der Waals surface area contributed by atoms with Gasteiger partial charge in [-0.1, -0.05) is 117 Å². The fourth-order valence-electron chi connectivity index (χ4n) is 3.16. The average Bonchev–Trinajstić information content (AvgIpc) is 2.73. The van der Waals surface area contributed by atoms with Gasteiger partial charge in [-0.05, 0) is 57.3 Å². The lowest BCUT2D eigenvalue weighted by molar-refractivity contribution is 1.61. The van der Waals surface area contributed by atoms with Gasteiger partial charge in [0.25, 0.3) is 0 Å². The molecule has 0 aromatic heterocycles. The molecule has 4 rings (SSSR count). The third-order valence-electron chi connectivity index (χ3n) is 4.64. The van der Waals surface area contributed by atoms with Gasteiger partial charge in [0.05, 0.1) is 0 Å². The molecule has 0 aliphatic heterocycles. The Morgan fingerprint density at radius 3 is 1.21 bits per heavy atom. The Bertz CT molecular complexity index is 1060. The van der Waals surface area contributed by atoms with E-state index in [9.17, 15) is 0 Å². The number of halogens is 2. The first-order chi connectivity index (χ1) is 13.7. The van der Waals surface area contributed by atoms with Crippen molar-refractivity contribution in [2.75, 3.05) is 0 Å². The summed E-state index contributed by atoms with van der Waals surface area (Å²) in [6, 6.07) is 29.7. The SMILES string of the molecule is Brc1ccc(C=Cc2ccc(C=Cc3ccc(Br)cc3)c3ccccc23)cc1. The molecule has 136 valence electrons. The van der Waals surface area contributed by atoms with E-state index >= 15 is 0 Å². The van der Waals surface area contributed by atoms with Crippen molar-refractivity contribution in [1.82, 2.24) is 0 Å². The number of benzene rings is 4. The van der Waals surface area contributed by atoms with Crippen LogP contribution >= 0.6 is 31.9 Å². The predicted molar refractivity (Wildman–Crippen MR) is 130 cm³/mol. The molecule has 4 aromatic rings. The van der Waals surface area contributed by atoms with Crippen LogP contribution in [0.4, 0.5) is 0 Å². The van der Waals surface area contributed by atoms with Crippen molar-refractivity contribution in [1.29, 1.82) is 0 Å². The van der Waals surface area contributed by atoms with Crippen LogP contribution in [0.25, 0.3) is 35.1 Å². The summed E-state index contributed by atoms with van der Waals surface area (Å²) in [6.07, 6.45) is 8.69. The molecule has 2 heteroatoms. The van der Waals surface area contributed by atoms with Crippen molar-refractivity contribution in [2.45, 2.75) is 0 Å². The molecule has 0 fully saturated rings. The van der Waals surface area contributed by atoms with E-state index in [4.69, 9.17) is 0 Å². The Hall–Kier alpha value is -2.42. The third-order valence-corrected chi connectivity index (χ3v) is 5.70. The van der Waals surface area contributed by atoms with Crippen LogP contribution in [0.15, 0.2) is 93.9 Å². The number of fused-ring (bicyclic) bond motifs is 1. The van der Waals surface area contributed by atoms with Crippen molar-refractivity contribution in [2.24, 2.45) is 0 Å². The molecule has 0 heterocycles. The highest BCUT2D eigenvalue weighted by molar-refractivity contribution is 9.10. The molecule has 0 atom stereocenters. The summed E-state index contributed by atoms with van der Waals surface area (Å²) in [5.74, 6) is 0. The molecule has 0 saturated carbocycles. The van der Waals surface area contributed by atoms with Crippen LogP contribution in [0, 0.1) is 0 Å². The molecule has 0 amide bonds. The zero-order valence-corrected chi connectivity index (χ0v) is 18.3. The van der Waals surface area contributed by atoms with E-state index in [2.05, 4.69) is 141 Å². The van der Waals surface area contributed by atoms with Crippen LogP contribution in [0.1, 0.15) is 22.3 Å². The summed E-state index contributed by atoms with van der Waals surface area (Å²) in [4.78, 5) is 0. The van der Waals surface area contributed by atoms with Crippen LogP contribution < -0.4 is 0 Å². The highest BCUT2D eigenvalue weighted by Crippen LogP contribution is 2.26. The van der Waals surface area contributed by atoms with E-state index in [-0.39, 0.29) is 0 Å². The van der Waals surface area contributed by atoms with Gasteiger partial charge in [0, 0.05) is 8.95 Å². The Balaban J connectivity index is 1.68. The van der Waals surface area contributed by atoms with Crippen LogP contribution in [0.2, 0.25) is 0 Å². The lowest BCUT2D eigenvalue weighted by atomic mass is 9.98. The highest BCUT2D eigenvalue weighted by atomic mass is 79.9. The molecule has 0 aliphatic rings. The first-order valence-electron chi connectivity index (χ1n) is 9.08. The van der Waals surface area contributed by atoms with Gasteiger partial charge in [-0.3, -0.25) is 0 Å². The Morgan fingerprint density at radius 2 is 0.821 bits per heavy atom. The van der Waals surface area contributed by atoms with Gasteiger partial charge in [-0.2, -0.15) is 0 Å². The normalized spacial score (nSPS) is 11.6. The summed E-state index contributed by atoms with van der Waals surface area (Å²) in [7, 11) is 0. The number of rotatable bonds is 4. The van der Waals surface area contributed by atoms with E-state index in [1.165, 1.54) is 33.0 Å². The zero-order chi connectivity index (χ0) is 19.3. The topological polar surface area (TPSA) is 0 Å². The molecule has 0 bridgehead atoms. The third kappa shape index (κ3) is 4.52. The monoisotopic (exact) mass is 488 g/mol. The summed E-state index contributed by atoms with van der Waals surface area (Å²) < 4.78 is 2.19. The van der Waals surface area contributed by atoms with Gasteiger partial charge in [0.1, 0.15) is 0 Å². The van der Waals surface area contributed by atoms with Gasteiger partial charge in [0.15, 0.2) is 0 Å². The van der Waals surface area contributed by atoms with Crippen molar-refractivity contribution >= 4 is 66.9 Å². The molecule has 0 aliphatic carbocycles. The number of hydrogen-bond acceptors (Lipinski definition) is 0. The molecule has 4 aromatic carbocycles. The Kier molecular flexibility index (Phi) is 5.90. The van der Waals surface area contributed by atoms with E-state index in [1.54, 1.807) is 0 Å². The van der Waals surface area contributed by atoms with E-state index in [1.807, 2.05) is 0 Å². The molecular weight excluding hydrogens is 472 g/mol. The van der Waals surface area contributed by atoms with Gasteiger partial charge in [0.2, 0.25) is 0 Å². The maximum absolute atomic E-state index is 3.48. The van der Waals surface area contributed by atoms with Crippen molar-refractivity contribution in [3.8, 4) is 0 Å². The highest BCUT2D eigenvalue weighted by Gasteiger charge is 2.02. The molecule has 0 radical (unpaired) electrons. The summed E-state index contributed by atoms with van der Waals surface area (Å²) in [6.45, 7) is 0. The summed E-state index contributed by atoms with van der Waals surface area (Å²) in [5.41, 5.74) is 4.82. The minimum Gasteiger partial charge on any atom is -0.0616 e. The second kappa shape index (κ2) is 8.72. The molecule has 0 nitrogen and oxygen atoms in total. The minimum atomic E-state index is 1.09. The Labute approximate surface area is 182 Å². The largest absolute Gasteiger partial charge is 0.0616 e. The van der Waals surface area contributed by atoms with Gasteiger partial charge in [-0.25, -0.2) is 0 Å². The predicted octanol–water partition coefficient (Wildman–Crippen LogP) is 8.71. The van der Waals surface area contributed by atoms with E-state index < -0.39 is 0 Å². The molecule has 0 spiro atoms. The second-order valence-corrected chi connectivity index (χ2v) is 8.39. The van der Waals surface area contributed by atoms with Crippen LogP contribution in [0.3, 0.4) is 0 Å². The standard InChI is InChI=1S/C26H18Br2/c27-23-15-7-19(8-16-23)5-11-21-13-14-22(26-4-2-1-3-25(21)26)12-6-20-9-17-24(28)18-10-20/h1-18H. The van der Waals surface area contributed by atoms with Crippen molar-refractivity contribution in [3.63, 3.8) is 0 Å². The molecule has 0 N–H and O–H groups in total. The minimum absolute atomic E-state index is 1.09.